The first-order valence-electron chi connectivity index (χ1n) is 0.218. The minimum Gasteiger partial charge on any atom is -1.00 e. The fraction of sp³-hybridized carbons (Fsp3) is 0. The van der Waals surface area contributed by atoms with Crippen LogP contribution in [0.1, 0.15) is 2.85 Å². The van der Waals surface area contributed by atoms with E-state index in [1.54, 1.807) is 0 Å². The van der Waals surface area contributed by atoms with Crippen molar-refractivity contribution in [3.63, 3.8) is 0 Å². The predicted molar refractivity (Wildman–Crippen MR) is 31.7 cm³/mol. The molecule has 0 aromatic heterocycles. The van der Waals surface area contributed by atoms with Gasteiger partial charge in [-0.25, -0.2) is 0 Å². The second kappa shape index (κ2) is 16.6. The molecule has 0 rings (SSSR count). The summed E-state index contributed by atoms with van der Waals surface area (Å²) in [6, 6.07) is 0. The number of halogens is 1. The molecule has 0 aliphatic heterocycles. The molecule has 0 N–H and O–H groups in total. The molecule has 0 heterocycles. The first-order chi connectivity index (χ1) is 1.00. The topological polar surface area (TPSA) is 0 Å². The van der Waals surface area contributed by atoms with Crippen molar-refractivity contribution in [2.75, 3.05) is 0 Å². The normalized spacial score (nSPS) is 1.50. The van der Waals surface area contributed by atoms with Crippen molar-refractivity contribution in [2.45, 2.75) is 0 Å². The van der Waals surface area contributed by atoms with E-state index in [4.69, 9.17) is 0 Å². The molecule has 20 valence electrons. The zero-order valence-corrected chi connectivity index (χ0v) is 10.9. The van der Waals surface area contributed by atoms with Crippen LogP contribution < -0.4 is 0 Å². The molecule has 0 saturated carbocycles. The van der Waals surface area contributed by atoms with E-state index in [-0.39, 0.29) is 60.1 Å². The Hall–Kier alpha value is 3.04. The first-order valence-corrected chi connectivity index (χ1v) is 4.39. The summed E-state index contributed by atoms with van der Waals surface area (Å²) in [6.45, 7) is 2.39. The maximum Gasteiger partial charge on any atom is 2.00 e. The molecule has 0 amide bonds. The van der Waals surface area contributed by atoms with Gasteiger partial charge in [0.25, 0.3) is 0 Å². The van der Waals surface area contributed by atoms with Gasteiger partial charge in [-0.05, 0) is 0 Å². The van der Waals surface area contributed by atoms with Crippen LogP contribution >= 0.6 is 28.9 Å². The molecule has 0 bridgehead atoms. The molecule has 4 heteroatoms. The molecule has 0 aliphatic rings. The van der Waals surface area contributed by atoms with Crippen LogP contribution in [0.3, 0.4) is 0 Å². The van der Waals surface area contributed by atoms with Crippen LogP contribution in [0, 0.1) is 0 Å². The van der Waals surface area contributed by atoms with Gasteiger partial charge in [-0.3, -0.25) is 0 Å². The van der Waals surface area contributed by atoms with Gasteiger partial charge in [0.2, 0.25) is 0 Å². The van der Waals surface area contributed by atoms with Crippen molar-refractivity contribution < 1.29 is 22.3 Å². The summed E-state index contributed by atoms with van der Waals surface area (Å²) >= 11 is 2.07. The van der Waals surface area contributed by atoms with Crippen LogP contribution in [0.5, 0.6) is 0 Å². The van der Waals surface area contributed by atoms with Crippen molar-refractivity contribution in [3.05, 3.63) is 0 Å². The third-order valence-corrected chi connectivity index (χ3v) is 0. The quantitative estimate of drug-likeness (QED) is 0.350. The van der Waals surface area contributed by atoms with E-state index in [9.17, 15) is 0 Å². The zero-order valence-electron chi connectivity index (χ0n) is 4.37. The Morgan fingerprint density at radius 2 is 1.50 bits per heavy atom. The second-order valence-electron chi connectivity index (χ2n) is 0. The summed E-state index contributed by atoms with van der Waals surface area (Å²) in [4.78, 5) is 0. The molecule has 0 fully saturated rings. The first kappa shape index (κ1) is 15.7. The smallest absolute Gasteiger partial charge is 1.00 e. The fourth-order valence-electron chi connectivity index (χ4n) is 0. The van der Waals surface area contributed by atoms with Crippen molar-refractivity contribution in [2.24, 2.45) is 0 Å². The summed E-state index contributed by atoms with van der Waals surface area (Å²) < 4.78 is 0. The molecule has 0 nitrogen and oxygen atoms in total. The average Bonchev–Trinajstić information content (AvgIpc) is 1.00. The molecule has 1 unspecified atom stereocenters. The predicted octanol–water partition coefficient (Wildman–Crippen LogP) is 1.05. The molecule has 4 heavy (non-hydrogen) atoms. The third-order valence-electron chi connectivity index (χ3n) is 0. The molecular formula is H4CaIPZn. The van der Waals surface area contributed by atoms with Crippen LogP contribution in [0.25, 0.3) is 0 Å². The summed E-state index contributed by atoms with van der Waals surface area (Å²) in [7, 11) is 0. The average molecular weight is 267 g/mol. The van der Waals surface area contributed by atoms with E-state index >= 15 is 0 Å². The van der Waals surface area contributed by atoms with Gasteiger partial charge in [0.1, 0.15) is 0 Å². The number of rotatable bonds is 0. The van der Waals surface area contributed by atoms with E-state index in [0.717, 1.165) is 0 Å². The fourth-order valence-corrected chi connectivity index (χ4v) is 0. The van der Waals surface area contributed by atoms with Crippen LogP contribution in [0.15, 0.2) is 0 Å². The number of hydrogen-bond acceptors (Lipinski definition) is 0. The Kier molecular flexibility index (Phi) is 65.3. The van der Waals surface area contributed by atoms with Gasteiger partial charge >= 0.3 is 37.7 Å². The van der Waals surface area contributed by atoms with E-state index in [0.29, 0.717) is 0 Å². The SMILES string of the molecule is PI.[Ca+2].[H-].[H-].[Zn]. The van der Waals surface area contributed by atoms with Gasteiger partial charge in [0, 0.05) is 19.5 Å². The molecule has 0 aliphatic carbocycles. The molecule has 0 radical (unpaired) electrons. The zero-order chi connectivity index (χ0) is 2.00. The minimum atomic E-state index is 0. The second-order valence-corrected chi connectivity index (χ2v) is 0. The van der Waals surface area contributed by atoms with E-state index in [1.165, 1.54) is 0 Å². The Morgan fingerprint density at radius 1 is 1.50 bits per heavy atom. The molecular weight excluding hydrogens is 263 g/mol. The van der Waals surface area contributed by atoms with Gasteiger partial charge < -0.3 is 2.85 Å². The van der Waals surface area contributed by atoms with Crippen LogP contribution in [-0.2, 0) is 19.5 Å². The van der Waals surface area contributed by atoms with Crippen LogP contribution in [-0.4, -0.2) is 37.7 Å². The molecule has 0 saturated heterocycles. The molecule has 0 aromatic rings. The maximum absolute atomic E-state index is 2.39. The Balaban J connectivity index is -0.000000000833. The van der Waals surface area contributed by atoms with Gasteiger partial charge in [-0.1, -0.05) is 28.9 Å². The monoisotopic (exact) mass is 266 g/mol. The van der Waals surface area contributed by atoms with Crippen molar-refractivity contribution in [1.29, 1.82) is 0 Å². The third kappa shape index (κ3) is 8.90. The van der Waals surface area contributed by atoms with E-state index in [2.05, 4.69) is 28.9 Å². The van der Waals surface area contributed by atoms with E-state index in [1.807, 2.05) is 0 Å². The summed E-state index contributed by atoms with van der Waals surface area (Å²) in [5.74, 6) is 0. The molecule has 0 spiro atoms. The summed E-state index contributed by atoms with van der Waals surface area (Å²) in [6.07, 6.45) is 0. The van der Waals surface area contributed by atoms with Crippen molar-refractivity contribution >= 4 is 66.7 Å². The summed E-state index contributed by atoms with van der Waals surface area (Å²) in [5.41, 5.74) is 0. The Bertz CT molecular complexity index is 13.5. The van der Waals surface area contributed by atoms with Crippen LogP contribution in [0.4, 0.5) is 0 Å². The molecule has 1 atom stereocenters. The molecule has 0 aromatic carbocycles. The summed E-state index contributed by atoms with van der Waals surface area (Å²) in [5, 5.41) is 0. The maximum atomic E-state index is 2.39. The van der Waals surface area contributed by atoms with Crippen LogP contribution in [0.2, 0.25) is 0 Å². The van der Waals surface area contributed by atoms with E-state index < -0.39 is 0 Å². The van der Waals surface area contributed by atoms with Gasteiger partial charge in [-0.15, -0.1) is 0 Å². The van der Waals surface area contributed by atoms with Gasteiger partial charge in [0.05, 0.1) is 0 Å². The Labute approximate surface area is 87.3 Å². The van der Waals surface area contributed by atoms with Crippen molar-refractivity contribution in [1.82, 2.24) is 0 Å². The largest absolute Gasteiger partial charge is 2.00 e. The number of hydrogen-bond donors (Lipinski definition) is 0. The standard InChI is InChI=1S/Ca.H2IP.Zn.2H/c;1-2;;;/h;2H2;;;/q+2;;;2*-1. The Morgan fingerprint density at radius 3 is 1.50 bits per heavy atom. The minimum absolute atomic E-state index is 0. The van der Waals surface area contributed by atoms with Gasteiger partial charge in [-0.2, -0.15) is 0 Å². The van der Waals surface area contributed by atoms with Crippen molar-refractivity contribution in [3.8, 4) is 0 Å². The van der Waals surface area contributed by atoms with Gasteiger partial charge in [0.15, 0.2) is 0 Å².